The number of terminal acetylenes is 1. The molecule has 1 rings (SSSR count). The summed E-state index contributed by atoms with van der Waals surface area (Å²) in [5, 5.41) is 11.2. The highest BCUT2D eigenvalue weighted by Gasteiger charge is 2.18. The number of carboxylic acid groups (broad SMARTS) is 1. The van der Waals surface area contributed by atoms with Gasteiger partial charge >= 0.3 is 5.97 Å². The van der Waals surface area contributed by atoms with Crippen molar-refractivity contribution >= 4 is 11.9 Å². The third-order valence-electron chi connectivity index (χ3n) is 2.87. The third-order valence-corrected chi connectivity index (χ3v) is 2.87. The smallest absolute Gasteiger partial charge is 0.327 e. The van der Waals surface area contributed by atoms with Crippen LogP contribution >= 0.6 is 0 Å². The number of carboxylic acids is 1. The number of benzene rings is 1. The van der Waals surface area contributed by atoms with Crippen LogP contribution in [0.3, 0.4) is 0 Å². The summed E-state index contributed by atoms with van der Waals surface area (Å²) in [4.78, 5) is 22.5. The minimum absolute atomic E-state index is 0.0653. The number of hydrogen-bond donors (Lipinski definition) is 2. The van der Waals surface area contributed by atoms with Gasteiger partial charge < -0.3 is 15.2 Å². The molecule has 0 saturated carbocycles. The number of hydrogen-bond acceptors (Lipinski definition) is 3. The van der Waals surface area contributed by atoms with Crippen LogP contribution in [0.1, 0.15) is 31.7 Å². The van der Waals surface area contributed by atoms with Gasteiger partial charge in [0, 0.05) is 6.42 Å². The van der Waals surface area contributed by atoms with Crippen LogP contribution in [-0.2, 0) is 9.59 Å². The SMILES string of the molecule is C#CCC(NC(=O)COc1ccc(C(C)C)cc1)C(=O)O. The Kier molecular flexibility index (Phi) is 6.28. The Morgan fingerprint density at radius 1 is 1.33 bits per heavy atom. The summed E-state index contributed by atoms with van der Waals surface area (Å²) in [5.74, 6) is 1.49. The van der Waals surface area contributed by atoms with E-state index in [4.69, 9.17) is 16.3 Å². The molecule has 1 aromatic carbocycles. The molecule has 0 bridgehead atoms. The highest BCUT2D eigenvalue weighted by molar-refractivity contribution is 5.84. The van der Waals surface area contributed by atoms with Gasteiger partial charge in [-0.05, 0) is 23.6 Å². The summed E-state index contributed by atoms with van der Waals surface area (Å²) in [6.45, 7) is 3.91. The monoisotopic (exact) mass is 289 g/mol. The molecule has 0 saturated heterocycles. The van der Waals surface area contributed by atoms with Crippen LogP contribution in [-0.4, -0.2) is 29.6 Å². The molecule has 112 valence electrons. The minimum atomic E-state index is -1.16. The van der Waals surface area contributed by atoms with E-state index < -0.39 is 17.9 Å². The number of ether oxygens (including phenoxy) is 1. The van der Waals surface area contributed by atoms with Gasteiger partial charge in [0.1, 0.15) is 11.8 Å². The summed E-state index contributed by atoms with van der Waals surface area (Å²) in [7, 11) is 0. The van der Waals surface area contributed by atoms with E-state index in [-0.39, 0.29) is 13.0 Å². The molecule has 1 unspecified atom stereocenters. The van der Waals surface area contributed by atoms with Crippen molar-refractivity contribution in [2.24, 2.45) is 0 Å². The number of aliphatic carboxylic acids is 1. The lowest BCUT2D eigenvalue weighted by Gasteiger charge is -2.13. The highest BCUT2D eigenvalue weighted by Crippen LogP contribution is 2.18. The van der Waals surface area contributed by atoms with Crippen LogP contribution in [0.2, 0.25) is 0 Å². The van der Waals surface area contributed by atoms with Crippen LogP contribution < -0.4 is 10.1 Å². The first-order valence-corrected chi connectivity index (χ1v) is 6.62. The Balaban J connectivity index is 2.49. The number of carbonyl (C=O) groups is 2. The van der Waals surface area contributed by atoms with Crippen LogP contribution in [0.15, 0.2) is 24.3 Å². The van der Waals surface area contributed by atoms with Crippen molar-refractivity contribution in [2.75, 3.05) is 6.61 Å². The zero-order valence-electron chi connectivity index (χ0n) is 12.1. The molecule has 0 radical (unpaired) electrons. The molecule has 0 heterocycles. The average molecular weight is 289 g/mol. The van der Waals surface area contributed by atoms with E-state index in [1.807, 2.05) is 12.1 Å². The number of rotatable bonds is 7. The van der Waals surface area contributed by atoms with E-state index in [2.05, 4.69) is 25.1 Å². The van der Waals surface area contributed by atoms with Crippen molar-refractivity contribution in [2.45, 2.75) is 32.2 Å². The molecule has 0 fully saturated rings. The summed E-state index contributed by atoms with van der Waals surface area (Å²) >= 11 is 0. The molecule has 1 atom stereocenters. The van der Waals surface area contributed by atoms with E-state index in [1.54, 1.807) is 12.1 Å². The molecule has 0 spiro atoms. The van der Waals surface area contributed by atoms with Gasteiger partial charge in [-0.1, -0.05) is 26.0 Å². The predicted molar refractivity (Wildman–Crippen MR) is 79.0 cm³/mol. The molecule has 0 aliphatic carbocycles. The van der Waals surface area contributed by atoms with Gasteiger partial charge in [-0.3, -0.25) is 4.79 Å². The fraction of sp³-hybridized carbons (Fsp3) is 0.375. The van der Waals surface area contributed by atoms with E-state index in [9.17, 15) is 9.59 Å². The first-order chi connectivity index (χ1) is 9.93. The minimum Gasteiger partial charge on any atom is -0.484 e. The van der Waals surface area contributed by atoms with Gasteiger partial charge in [-0.15, -0.1) is 12.3 Å². The number of nitrogens with one attached hydrogen (secondary N) is 1. The van der Waals surface area contributed by atoms with E-state index in [1.165, 1.54) is 5.56 Å². The molecule has 1 aromatic rings. The van der Waals surface area contributed by atoms with Crippen molar-refractivity contribution in [3.63, 3.8) is 0 Å². The van der Waals surface area contributed by atoms with E-state index in [0.717, 1.165) is 0 Å². The van der Waals surface area contributed by atoms with Crippen molar-refractivity contribution < 1.29 is 19.4 Å². The van der Waals surface area contributed by atoms with Gasteiger partial charge in [0.2, 0.25) is 0 Å². The van der Waals surface area contributed by atoms with Gasteiger partial charge in [0.25, 0.3) is 5.91 Å². The Labute approximate surface area is 124 Å². The second kappa shape index (κ2) is 7.95. The Bertz CT molecular complexity index is 528. The lowest BCUT2D eigenvalue weighted by atomic mass is 10.0. The summed E-state index contributed by atoms with van der Waals surface area (Å²) in [6, 6.07) is 6.32. The fourth-order valence-electron chi connectivity index (χ4n) is 1.65. The normalized spacial score (nSPS) is 11.5. The molecule has 0 aliphatic rings. The van der Waals surface area contributed by atoms with Crippen molar-refractivity contribution in [3.05, 3.63) is 29.8 Å². The Morgan fingerprint density at radius 2 is 1.95 bits per heavy atom. The molecule has 1 amide bonds. The number of amides is 1. The molecular weight excluding hydrogens is 270 g/mol. The van der Waals surface area contributed by atoms with E-state index in [0.29, 0.717) is 11.7 Å². The molecule has 21 heavy (non-hydrogen) atoms. The van der Waals surface area contributed by atoms with Crippen LogP contribution in [0.5, 0.6) is 5.75 Å². The lowest BCUT2D eigenvalue weighted by Crippen LogP contribution is -2.42. The number of carbonyl (C=O) groups excluding carboxylic acids is 1. The Morgan fingerprint density at radius 3 is 2.43 bits per heavy atom. The van der Waals surface area contributed by atoms with E-state index >= 15 is 0 Å². The fourth-order valence-corrected chi connectivity index (χ4v) is 1.65. The molecule has 2 N–H and O–H groups in total. The molecule has 0 aliphatic heterocycles. The average Bonchev–Trinajstić information content (AvgIpc) is 2.45. The maximum absolute atomic E-state index is 11.6. The first-order valence-electron chi connectivity index (χ1n) is 6.62. The van der Waals surface area contributed by atoms with Gasteiger partial charge in [-0.25, -0.2) is 4.79 Å². The molecule has 0 aromatic heterocycles. The van der Waals surface area contributed by atoms with Crippen molar-refractivity contribution in [1.82, 2.24) is 5.32 Å². The third kappa shape index (κ3) is 5.57. The predicted octanol–water partition coefficient (Wildman–Crippen LogP) is 1.78. The first kappa shape index (κ1) is 16.6. The van der Waals surface area contributed by atoms with Crippen LogP contribution in [0.25, 0.3) is 0 Å². The van der Waals surface area contributed by atoms with Crippen molar-refractivity contribution in [3.8, 4) is 18.1 Å². The zero-order chi connectivity index (χ0) is 15.8. The zero-order valence-corrected chi connectivity index (χ0v) is 12.1. The molecular formula is C16H19NO4. The molecule has 5 nitrogen and oxygen atoms in total. The summed E-state index contributed by atoms with van der Waals surface area (Å²) in [5.41, 5.74) is 1.17. The van der Waals surface area contributed by atoms with Crippen molar-refractivity contribution in [1.29, 1.82) is 0 Å². The topological polar surface area (TPSA) is 75.6 Å². The standard InChI is InChI=1S/C16H19NO4/c1-4-5-14(16(19)20)17-15(18)10-21-13-8-6-12(7-9-13)11(2)3/h1,6-9,11,14H,5,10H2,2-3H3,(H,17,18)(H,19,20). The van der Waals surface area contributed by atoms with Gasteiger partial charge in [-0.2, -0.15) is 0 Å². The summed E-state index contributed by atoms with van der Waals surface area (Å²) in [6.07, 6.45) is 4.99. The largest absolute Gasteiger partial charge is 0.484 e. The van der Waals surface area contributed by atoms with Gasteiger partial charge in [0.05, 0.1) is 0 Å². The quantitative estimate of drug-likeness (QED) is 0.750. The molecule has 5 heteroatoms. The highest BCUT2D eigenvalue weighted by atomic mass is 16.5. The van der Waals surface area contributed by atoms with Crippen LogP contribution in [0, 0.1) is 12.3 Å². The summed E-state index contributed by atoms with van der Waals surface area (Å²) < 4.78 is 5.30. The van der Waals surface area contributed by atoms with Crippen LogP contribution in [0.4, 0.5) is 0 Å². The maximum atomic E-state index is 11.6. The van der Waals surface area contributed by atoms with Gasteiger partial charge in [0.15, 0.2) is 6.61 Å². The second-order valence-electron chi connectivity index (χ2n) is 4.88. The Hall–Kier alpha value is -2.48. The second-order valence-corrected chi connectivity index (χ2v) is 4.88. The maximum Gasteiger partial charge on any atom is 0.327 e. The lowest BCUT2D eigenvalue weighted by molar-refractivity contribution is -0.141.